The van der Waals surface area contributed by atoms with Gasteiger partial charge in [-0.25, -0.2) is 8.78 Å². The van der Waals surface area contributed by atoms with Crippen LogP contribution in [-0.4, -0.2) is 42.7 Å². The fourth-order valence-corrected chi connectivity index (χ4v) is 2.15. The first-order valence-corrected chi connectivity index (χ1v) is 6.23. The Kier molecular flexibility index (Phi) is 4.63. The Labute approximate surface area is 105 Å². The van der Waals surface area contributed by atoms with Gasteiger partial charge in [-0.15, -0.1) is 0 Å². The van der Waals surface area contributed by atoms with Crippen molar-refractivity contribution in [2.24, 2.45) is 0 Å². The van der Waals surface area contributed by atoms with Crippen molar-refractivity contribution in [3.63, 3.8) is 0 Å². The van der Waals surface area contributed by atoms with Gasteiger partial charge in [0.2, 0.25) is 0 Å². The molecular weight excluding hydrogens is 238 g/mol. The smallest absolute Gasteiger partial charge is 0.159 e. The number of halogens is 2. The topological polar surface area (TPSA) is 35.5 Å². The van der Waals surface area contributed by atoms with Gasteiger partial charge >= 0.3 is 0 Å². The Hall–Kier alpha value is -1.04. The van der Waals surface area contributed by atoms with E-state index in [-0.39, 0.29) is 0 Å². The highest BCUT2D eigenvalue weighted by molar-refractivity contribution is 5.20. The number of nitrogens with one attached hydrogen (secondary N) is 1. The second-order valence-electron chi connectivity index (χ2n) is 4.59. The number of nitrogens with zero attached hydrogens (tertiary/aromatic N) is 1. The lowest BCUT2D eigenvalue weighted by molar-refractivity contribution is 0.116. The van der Waals surface area contributed by atoms with E-state index in [1.165, 1.54) is 6.07 Å². The van der Waals surface area contributed by atoms with E-state index in [9.17, 15) is 13.9 Å². The molecule has 1 aromatic carbocycles. The van der Waals surface area contributed by atoms with Gasteiger partial charge in [0.25, 0.3) is 0 Å². The zero-order valence-corrected chi connectivity index (χ0v) is 10.2. The molecule has 5 heteroatoms. The number of aliphatic hydroxyl groups is 1. The first-order chi connectivity index (χ1) is 8.66. The molecule has 0 amide bonds. The standard InChI is InChI=1S/C13H18F2N2O/c14-11-3-2-10(8-12(11)15)13(18)9-17-6-1-4-16-5-7-17/h2-3,8,13,16,18H,1,4-7,9H2. The van der Waals surface area contributed by atoms with Crippen molar-refractivity contribution in [2.45, 2.75) is 12.5 Å². The number of benzene rings is 1. The van der Waals surface area contributed by atoms with E-state index < -0.39 is 17.7 Å². The maximum absolute atomic E-state index is 13.1. The fraction of sp³-hybridized carbons (Fsp3) is 0.538. The maximum atomic E-state index is 13.1. The average molecular weight is 256 g/mol. The van der Waals surface area contributed by atoms with Gasteiger partial charge in [-0.05, 0) is 37.2 Å². The molecule has 1 aliphatic heterocycles. The Morgan fingerprint density at radius 1 is 1.22 bits per heavy atom. The molecule has 1 aliphatic rings. The molecule has 1 unspecified atom stereocenters. The van der Waals surface area contributed by atoms with Crippen LogP contribution in [0.1, 0.15) is 18.1 Å². The molecule has 0 spiro atoms. The largest absolute Gasteiger partial charge is 0.387 e. The van der Waals surface area contributed by atoms with Crippen molar-refractivity contribution in [3.8, 4) is 0 Å². The van der Waals surface area contributed by atoms with Crippen LogP contribution in [0.2, 0.25) is 0 Å². The SMILES string of the molecule is OC(CN1CCCNCC1)c1ccc(F)c(F)c1. The molecule has 18 heavy (non-hydrogen) atoms. The summed E-state index contributed by atoms with van der Waals surface area (Å²) in [6.07, 6.45) is 0.253. The summed E-state index contributed by atoms with van der Waals surface area (Å²) in [5.41, 5.74) is 0.422. The minimum atomic E-state index is -0.913. The summed E-state index contributed by atoms with van der Waals surface area (Å²) >= 11 is 0. The lowest BCUT2D eigenvalue weighted by atomic mass is 10.1. The molecule has 1 aromatic rings. The molecule has 1 atom stereocenters. The Balaban J connectivity index is 1.97. The predicted molar refractivity (Wildman–Crippen MR) is 65.2 cm³/mol. The van der Waals surface area contributed by atoms with E-state index >= 15 is 0 Å². The molecule has 2 rings (SSSR count). The highest BCUT2D eigenvalue weighted by Crippen LogP contribution is 2.17. The number of aliphatic hydroxyl groups excluding tert-OH is 1. The number of rotatable bonds is 3. The first-order valence-electron chi connectivity index (χ1n) is 6.23. The summed E-state index contributed by atoms with van der Waals surface area (Å²) in [4.78, 5) is 2.13. The third kappa shape index (κ3) is 3.48. The summed E-state index contributed by atoms with van der Waals surface area (Å²) < 4.78 is 25.9. The van der Waals surface area contributed by atoms with Gasteiger partial charge in [0.1, 0.15) is 0 Å². The molecule has 100 valence electrons. The van der Waals surface area contributed by atoms with Crippen molar-refractivity contribution in [2.75, 3.05) is 32.7 Å². The van der Waals surface area contributed by atoms with Crippen LogP contribution in [0.4, 0.5) is 8.78 Å². The molecular formula is C13H18F2N2O. The highest BCUT2D eigenvalue weighted by atomic mass is 19.2. The van der Waals surface area contributed by atoms with Crippen molar-refractivity contribution < 1.29 is 13.9 Å². The first kappa shape index (κ1) is 13.4. The van der Waals surface area contributed by atoms with E-state index in [0.717, 1.165) is 44.7 Å². The molecule has 1 fully saturated rings. The van der Waals surface area contributed by atoms with Crippen LogP contribution in [0.15, 0.2) is 18.2 Å². The van der Waals surface area contributed by atoms with Gasteiger partial charge in [-0.1, -0.05) is 6.07 Å². The molecule has 1 heterocycles. The lowest BCUT2D eigenvalue weighted by Gasteiger charge is -2.23. The predicted octanol–water partition coefficient (Wildman–Crippen LogP) is 1.29. The minimum absolute atomic E-state index is 0.422. The Morgan fingerprint density at radius 2 is 2.06 bits per heavy atom. The summed E-state index contributed by atoms with van der Waals surface area (Å²) in [6, 6.07) is 3.55. The normalized spacial score (nSPS) is 19.5. The maximum Gasteiger partial charge on any atom is 0.159 e. The van der Waals surface area contributed by atoms with E-state index in [1.54, 1.807) is 0 Å². The monoisotopic (exact) mass is 256 g/mol. The van der Waals surface area contributed by atoms with Crippen LogP contribution < -0.4 is 5.32 Å². The quantitative estimate of drug-likeness (QED) is 0.855. The molecule has 0 saturated carbocycles. The van der Waals surface area contributed by atoms with Crippen LogP contribution in [0.5, 0.6) is 0 Å². The molecule has 0 bridgehead atoms. The van der Waals surface area contributed by atoms with Gasteiger partial charge in [0.05, 0.1) is 6.10 Å². The van der Waals surface area contributed by atoms with E-state index in [1.807, 2.05) is 0 Å². The zero-order chi connectivity index (χ0) is 13.0. The Bertz CT molecular complexity index is 393. The number of hydrogen-bond acceptors (Lipinski definition) is 3. The minimum Gasteiger partial charge on any atom is -0.387 e. The van der Waals surface area contributed by atoms with E-state index in [4.69, 9.17) is 0 Å². The molecule has 0 aliphatic carbocycles. The van der Waals surface area contributed by atoms with Gasteiger partial charge in [0, 0.05) is 19.6 Å². The highest BCUT2D eigenvalue weighted by Gasteiger charge is 2.16. The van der Waals surface area contributed by atoms with Crippen LogP contribution in [0.3, 0.4) is 0 Å². The Morgan fingerprint density at radius 3 is 2.83 bits per heavy atom. The lowest BCUT2D eigenvalue weighted by Crippen LogP contribution is -2.32. The van der Waals surface area contributed by atoms with Crippen molar-refractivity contribution in [1.82, 2.24) is 10.2 Å². The molecule has 0 radical (unpaired) electrons. The zero-order valence-electron chi connectivity index (χ0n) is 10.2. The van der Waals surface area contributed by atoms with Crippen LogP contribution >= 0.6 is 0 Å². The average Bonchev–Trinajstić information content (AvgIpc) is 2.61. The second-order valence-corrected chi connectivity index (χ2v) is 4.59. The third-order valence-corrected chi connectivity index (χ3v) is 3.19. The van der Waals surface area contributed by atoms with Crippen LogP contribution in [-0.2, 0) is 0 Å². The van der Waals surface area contributed by atoms with Crippen molar-refractivity contribution in [1.29, 1.82) is 0 Å². The van der Waals surface area contributed by atoms with Crippen LogP contribution in [0, 0.1) is 11.6 Å². The van der Waals surface area contributed by atoms with E-state index in [2.05, 4.69) is 10.2 Å². The second kappa shape index (κ2) is 6.22. The van der Waals surface area contributed by atoms with Gasteiger partial charge in [-0.2, -0.15) is 0 Å². The van der Waals surface area contributed by atoms with Gasteiger partial charge in [-0.3, -0.25) is 4.90 Å². The van der Waals surface area contributed by atoms with Crippen LogP contribution in [0.25, 0.3) is 0 Å². The van der Waals surface area contributed by atoms with E-state index in [0.29, 0.717) is 12.1 Å². The fourth-order valence-electron chi connectivity index (χ4n) is 2.15. The third-order valence-electron chi connectivity index (χ3n) is 3.19. The molecule has 0 aromatic heterocycles. The van der Waals surface area contributed by atoms with Crippen molar-refractivity contribution in [3.05, 3.63) is 35.4 Å². The molecule has 3 nitrogen and oxygen atoms in total. The summed E-state index contributed by atoms with van der Waals surface area (Å²) in [5.74, 6) is -1.80. The summed E-state index contributed by atoms with van der Waals surface area (Å²) in [6.45, 7) is 4.10. The molecule has 1 saturated heterocycles. The number of hydrogen-bond donors (Lipinski definition) is 2. The van der Waals surface area contributed by atoms with Gasteiger partial charge in [0.15, 0.2) is 11.6 Å². The molecule has 2 N–H and O–H groups in total. The van der Waals surface area contributed by atoms with Gasteiger partial charge < -0.3 is 10.4 Å². The number of β-amino-alcohol motifs (C(OH)–C–C–N with tert-alkyl or cyclic N) is 1. The van der Waals surface area contributed by atoms with Crippen molar-refractivity contribution >= 4 is 0 Å². The summed E-state index contributed by atoms with van der Waals surface area (Å²) in [5, 5.41) is 13.3. The summed E-state index contributed by atoms with van der Waals surface area (Å²) in [7, 11) is 0.